The molecule has 0 unspecified atom stereocenters. The molecule has 0 spiro atoms. The Hall–Kier alpha value is -1.32. The monoisotopic (exact) mass is 253 g/mol. The largest absolute Gasteiger partial charge is 0.382 e. The lowest BCUT2D eigenvalue weighted by atomic mass is 10.2. The maximum atomic E-state index is 6.02. The highest BCUT2D eigenvalue weighted by Crippen LogP contribution is 2.25. The molecule has 2 aromatic heterocycles. The molecule has 0 aliphatic rings. The lowest BCUT2D eigenvalue weighted by Crippen LogP contribution is -2.00. The first-order chi connectivity index (χ1) is 7.66. The molecule has 0 saturated carbocycles. The van der Waals surface area contributed by atoms with Gasteiger partial charge in [0.05, 0.1) is 15.7 Å². The zero-order valence-electron chi connectivity index (χ0n) is 8.32. The zero-order chi connectivity index (χ0) is 11.5. The fourth-order valence-electron chi connectivity index (χ4n) is 1.32. The second-order valence-corrected chi connectivity index (χ2v) is 4.10. The molecule has 3 nitrogen and oxygen atoms in total. The van der Waals surface area contributed by atoms with Crippen molar-refractivity contribution in [3.05, 3.63) is 51.9 Å². The van der Waals surface area contributed by atoms with Crippen LogP contribution in [0.15, 0.2) is 30.5 Å². The van der Waals surface area contributed by atoms with Crippen LogP contribution in [-0.2, 0) is 6.42 Å². The van der Waals surface area contributed by atoms with Crippen LogP contribution < -0.4 is 5.73 Å². The third-order valence-electron chi connectivity index (χ3n) is 2.10. The molecule has 2 heterocycles. The van der Waals surface area contributed by atoms with Crippen molar-refractivity contribution in [2.45, 2.75) is 6.42 Å². The molecule has 82 valence electrons. The molecule has 0 atom stereocenters. The molecule has 0 bridgehead atoms. The second kappa shape index (κ2) is 4.68. The summed E-state index contributed by atoms with van der Waals surface area (Å²) < 4.78 is 0. The van der Waals surface area contributed by atoms with Crippen LogP contribution in [0.1, 0.15) is 11.4 Å². The number of nitrogens with zero attached hydrogens (tertiary/aromatic N) is 2. The van der Waals surface area contributed by atoms with E-state index in [0.29, 0.717) is 22.2 Å². The van der Waals surface area contributed by atoms with Gasteiger partial charge in [-0.3, -0.25) is 4.98 Å². The Kier molecular flexibility index (Phi) is 3.27. The van der Waals surface area contributed by atoms with Gasteiger partial charge in [0, 0.05) is 18.3 Å². The number of aromatic nitrogens is 2. The van der Waals surface area contributed by atoms with E-state index in [4.69, 9.17) is 28.9 Å². The van der Waals surface area contributed by atoms with Crippen LogP contribution in [0.4, 0.5) is 5.82 Å². The van der Waals surface area contributed by atoms with E-state index in [2.05, 4.69) is 9.97 Å². The van der Waals surface area contributed by atoms with Gasteiger partial charge in [-0.05, 0) is 18.2 Å². The maximum Gasteiger partial charge on any atom is 0.142 e. The third-order valence-corrected chi connectivity index (χ3v) is 2.73. The number of rotatable bonds is 2. The van der Waals surface area contributed by atoms with Crippen molar-refractivity contribution in [3.63, 3.8) is 0 Å². The number of anilines is 1. The first-order valence-corrected chi connectivity index (χ1v) is 5.42. The lowest BCUT2D eigenvalue weighted by Gasteiger charge is -2.05. The second-order valence-electron chi connectivity index (χ2n) is 3.28. The molecular formula is C11H9Cl2N3. The highest BCUT2D eigenvalue weighted by atomic mass is 35.5. The number of halogens is 2. The highest BCUT2D eigenvalue weighted by Gasteiger charge is 2.08. The summed E-state index contributed by atoms with van der Waals surface area (Å²) in [6, 6.07) is 7.27. The van der Waals surface area contributed by atoms with Crippen molar-refractivity contribution in [2.75, 3.05) is 5.73 Å². The fourth-order valence-corrected chi connectivity index (χ4v) is 1.74. The molecule has 0 fully saturated rings. The average Bonchev–Trinajstić information content (AvgIpc) is 2.27. The minimum Gasteiger partial charge on any atom is -0.382 e. The Balaban J connectivity index is 2.32. The van der Waals surface area contributed by atoms with Gasteiger partial charge >= 0.3 is 0 Å². The lowest BCUT2D eigenvalue weighted by molar-refractivity contribution is 1.02. The van der Waals surface area contributed by atoms with E-state index >= 15 is 0 Å². The first kappa shape index (κ1) is 11.2. The SMILES string of the molecule is Nc1nc(Cc2ccccn2)c(Cl)cc1Cl. The molecule has 2 rings (SSSR count). The summed E-state index contributed by atoms with van der Waals surface area (Å²) in [6.45, 7) is 0. The molecular weight excluding hydrogens is 245 g/mol. The molecule has 2 N–H and O–H groups in total. The summed E-state index contributed by atoms with van der Waals surface area (Å²) in [5.74, 6) is 0.289. The van der Waals surface area contributed by atoms with Crippen LogP contribution in [0.3, 0.4) is 0 Å². The van der Waals surface area contributed by atoms with Gasteiger partial charge in [0.2, 0.25) is 0 Å². The molecule has 0 aliphatic carbocycles. The van der Waals surface area contributed by atoms with Gasteiger partial charge in [-0.2, -0.15) is 0 Å². The average molecular weight is 254 g/mol. The van der Waals surface area contributed by atoms with Crippen molar-refractivity contribution < 1.29 is 0 Å². The first-order valence-electron chi connectivity index (χ1n) is 4.67. The Morgan fingerprint density at radius 1 is 1.19 bits per heavy atom. The van der Waals surface area contributed by atoms with Gasteiger partial charge in [0.15, 0.2) is 0 Å². The summed E-state index contributed by atoms with van der Waals surface area (Å²) in [7, 11) is 0. The number of pyridine rings is 2. The predicted molar refractivity (Wildman–Crippen MR) is 65.7 cm³/mol. The van der Waals surface area contributed by atoms with E-state index < -0.39 is 0 Å². The third kappa shape index (κ3) is 2.43. The van der Waals surface area contributed by atoms with Crippen molar-refractivity contribution >= 4 is 29.0 Å². The van der Waals surface area contributed by atoms with Crippen molar-refractivity contribution in [2.24, 2.45) is 0 Å². The molecule has 0 radical (unpaired) electrons. The van der Waals surface area contributed by atoms with Crippen molar-refractivity contribution in [1.29, 1.82) is 0 Å². The van der Waals surface area contributed by atoms with Crippen molar-refractivity contribution in [3.8, 4) is 0 Å². The highest BCUT2D eigenvalue weighted by molar-refractivity contribution is 6.36. The summed E-state index contributed by atoms with van der Waals surface area (Å²) in [5, 5.41) is 0.875. The van der Waals surface area contributed by atoms with Crippen LogP contribution in [0.25, 0.3) is 0 Å². The molecule has 16 heavy (non-hydrogen) atoms. The molecule has 0 amide bonds. The van der Waals surface area contributed by atoms with E-state index in [1.165, 1.54) is 0 Å². The van der Waals surface area contributed by atoms with Crippen LogP contribution in [0, 0.1) is 0 Å². The standard InChI is InChI=1S/C11H9Cl2N3/c12-8-6-9(13)11(14)16-10(8)5-7-3-1-2-4-15-7/h1-4,6H,5H2,(H2,14,16). The molecule has 0 aliphatic heterocycles. The Morgan fingerprint density at radius 3 is 2.69 bits per heavy atom. The van der Waals surface area contributed by atoms with Crippen LogP contribution in [0.5, 0.6) is 0 Å². The van der Waals surface area contributed by atoms with Gasteiger partial charge in [0.1, 0.15) is 5.82 Å². The molecule has 0 saturated heterocycles. The summed E-state index contributed by atoms with van der Waals surface area (Å²) in [5.41, 5.74) is 7.19. The zero-order valence-corrected chi connectivity index (χ0v) is 9.83. The van der Waals surface area contributed by atoms with Gasteiger partial charge < -0.3 is 5.73 Å². The van der Waals surface area contributed by atoms with Crippen LogP contribution in [0.2, 0.25) is 10.0 Å². The smallest absolute Gasteiger partial charge is 0.142 e. The van der Waals surface area contributed by atoms with Crippen LogP contribution in [-0.4, -0.2) is 9.97 Å². The summed E-state index contributed by atoms with van der Waals surface area (Å²) in [4.78, 5) is 8.34. The fraction of sp³-hybridized carbons (Fsp3) is 0.0909. The van der Waals surface area contributed by atoms with Crippen molar-refractivity contribution in [1.82, 2.24) is 9.97 Å². The summed E-state index contributed by atoms with van der Waals surface area (Å²) >= 11 is 11.8. The number of hydrogen-bond donors (Lipinski definition) is 1. The molecule has 2 aromatic rings. The van der Waals surface area contributed by atoms with Gasteiger partial charge in [-0.25, -0.2) is 4.98 Å². The molecule has 5 heteroatoms. The van der Waals surface area contributed by atoms with Crippen LogP contribution >= 0.6 is 23.2 Å². The number of hydrogen-bond acceptors (Lipinski definition) is 3. The van der Waals surface area contributed by atoms with Gasteiger partial charge in [-0.1, -0.05) is 29.3 Å². The minimum atomic E-state index is 0.289. The molecule has 0 aromatic carbocycles. The quantitative estimate of drug-likeness (QED) is 0.896. The van der Waals surface area contributed by atoms with E-state index in [1.807, 2.05) is 18.2 Å². The number of nitrogen functional groups attached to an aromatic ring is 1. The van der Waals surface area contributed by atoms with E-state index in [9.17, 15) is 0 Å². The van der Waals surface area contributed by atoms with E-state index in [1.54, 1.807) is 12.3 Å². The Morgan fingerprint density at radius 2 is 2.00 bits per heavy atom. The van der Waals surface area contributed by atoms with E-state index in [0.717, 1.165) is 5.69 Å². The summed E-state index contributed by atoms with van der Waals surface area (Å²) in [6.07, 6.45) is 2.27. The van der Waals surface area contributed by atoms with E-state index in [-0.39, 0.29) is 5.82 Å². The maximum absolute atomic E-state index is 6.02. The van der Waals surface area contributed by atoms with Gasteiger partial charge in [0.25, 0.3) is 0 Å². The number of nitrogens with two attached hydrogens (primary N) is 1. The topological polar surface area (TPSA) is 51.8 Å². The van der Waals surface area contributed by atoms with Gasteiger partial charge in [-0.15, -0.1) is 0 Å². The Labute approximate surface area is 103 Å². The minimum absolute atomic E-state index is 0.289. The predicted octanol–water partition coefficient (Wildman–Crippen LogP) is 2.96. The normalized spacial score (nSPS) is 10.4. The Bertz CT molecular complexity index is 500.